The molecule has 0 saturated heterocycles. The van der Waals surface area contributed by atoms with Crippen LogP contribution in [0.15, 0.2) is 61.3 Å². The number of methoxy groups -OCH3 is 1. The van der Waals surface area contributed by atoms with Crippen molar-refractivity contribution in [3.8, 4) is 5.69 Å². The highest BCUT2D eigenvalue weighted by atomic mass is 16.5. The molecule has 0 aliphatic carbocycles. The molecule has 0 N–H and O–H groups in total. The smallest absolute Gasteiger partial charge is 0.254 e. The van der Waals surface area contributed by atoms with Crippen LogP contribution < -0.4 is 0 Å². The van der Waals surface area contributed by atoms with Gasteiger partial charge in [-0.2, -0.15) is 5.10 Å². The summed E-state index contributed by atoms with van der Waals surface area (Å²) < 4.78 is 6.76. The molecule has 0 unspecified atom stereocenters. The van der Waals surface area contributed by atoms with Crippen molar-refractivity contribution in [1.82, 2.24) is 24.6 Å². The zero-order valence-corrected chi connectivity index (χ0v) is 13.9. The number of amides is 1. The molecule has 2 aromatic heterocycles. The lowest BCUT2D eigenvalue weighted by atomic mass is 10.1. The van der Waals surface area contributed by atoms with Gasteiger partial charge in [0.2, 0.25) is 0 Å². The Morgan fingerprint density at radius 1 is 1.24 bits per heavy atom. The molecule has 0 saturated carbocycles. The number of ether oxygens (including phenoxy) is 1. The van der Waals surface area contributed by atoms with Crippen LogP contribution in [0.5, 0.6) is 0 Å². The summed E-state index contributed by atoms with van der Waals surface area (Å²) in [6, 6.07) is 13.0. The molecule has 3 rings (SSSR count). The van der Waals surface area contributed by atoms with Gasteiger partial charge in [0.1, 0.15) is 12.7 Å². The summed E-state index contributed by atoms with van der Waals surface area (Å²) in [7, 11) is 1.62. The second-order valence-electron chi connectivity index (χ2n) is 5.43. The van der Waals surface area contributed by atoms with Crippen molar-refractivity contribution in [1.29, 1.82) is 0 Å². The van der Waals surface area contributed by atoms with Gasteiger partial charge in [-0.15, -0.1) is 0 Å². The van der Waals surface area contributed by atoms with Crippen molar-refractivity contribution in [2.45, 2.75) is 6.54 Å². The second kappa shape index (κ2) is 8.16. The number of benzene rings is 1. The Morgan fingerprint density at radius 2 is 2.16 bits per heavy atom. The van der Waals surface area contributed by atoms with E-state index in [1.165, 1.54) is 6.33 Å². The van der Waals surface area contributed by atoms with Gasteiger partial charge in [0.05, 0.1) is 24.5 Å². The van der Waals surface area contributed by atoms with Crippen molar-refractivity contribution in [3.63, 3.8) is 0 Å². The molecule has 25 heavy (non-hydrogen) atoms. The minimum Gasteiger partial charge on any atom is -0.383 e. The molecule has 0 radical (unpaired) electrons. The second-order valence-corrected chi connectivity index (χ2v) is 5.43. The molecule has 0 fully saturated rings. The molecule has 1 amide bonds. The fourth-order valence-corrected chi connectivity index (χ4v) is 2.45. The van der Waals surface area contributed by atoms with Crippen LogP contribution in [0, 0.1) is 0 Å². The summed E-state index contributed by atoms with van der Waals surface area (Å²) in [6.07, 6.45) is 4.78. The van der Waals surface area contributed by atoms with Crippen LogP contribution in [0.25, 0.3) is 5.69 Å². The number of nitrogens with zero attached hydrogens (tertiary/aromatic N) is 5. The zero-order valence-electron chi connectivity index (χ0n) is 13.9. The number of carbonyl (C=O) groups excluding carboxylic acids is 1. The van der Waals surface area contributed by atoms with E-state index in [4.69, 9.17) is 4.74 Å². The van der Waals surface area contributed by atoms with Gasteiger partial charge in [-0.25, -0.2) is 9.67 Å². The lowest BCUT2D eigenvalue weighted by molar-refractivity contribution is 0.0678. The average Bonchev–Trinajstić information content (AvgIpc) is 3.20. The molecular formula is C18H19N5O2. The third kappa shape index (κ3) is 4.27. The van der Waals surface area contributed by atoms with Crippen LogP contribution in [-0.4, -0.2) is 50.8 Å². The van der Waals surface area contributed by atoms with E-state index in [0.717, 1.165) is 11.4 Å². The largest absolute Gasteiger partial charge is 0.383 e. The van der Waals surface area contributed by atoms with Crippen molar-refractivity contribution in [2.24, 2.45) is 0 Å². The van der Waals surface area contributed by atoms with Gasteiger partial charge in [-0.3, -0.25) is 9.78 Å². The van der Waals surface area contributed by atoms with Crippen LogP contribution in [-0.2, 0) is 11.3 Å². The van der Waals surface area contributed by atoms with Gasteiger partial charge in [0.15, 0.2) is 0 Å². The van der Waals surface area contributed by atoms with E-state index in [1.807, 2.05) is 30.3 Å². The van der Waals surface area contributed by atoms with Crippen LogP contribution in [0.1, 0.15) is 16.1 Å². The van der Waals surface area contributed by atoms with Crippen LogP contribution in [0.2, 0.25) is 0 Å². The molecule has 0 spiro atoms. The highest BCUT2D eigenvalue weighted by Crippen LogP contribution is 2.13. The topological polar surface area (TPSA) is 73.1 Å². The maximum atomic E-state index is 13.0. The van der Waals surface area contributed by atoms with Gasteiger partial charge in [0, 0.05) is 25.4 Å². The van der Waals surface area contributed by atoms with Crippen molar-refractivity contribution in [3.05, 3.63) is 72.6 Å². The van der Waals surface area contributed by atoms with Gasteiger partial charge in [-0.1, -0.05) is 12.1 Å². The molecule has 2 heterocycles. The number of hydrogen-bond donors (Lipinski definition) is 0. The quantitative estimate of drug-likeness (QED) is 0.659. The van der Waals surface area contributed by atoms with E-state index >= 15 is 0 Å². The number of carbonyl (C=O) groups is 1. The van der Waals surface area contributed by atoms with E-state index in [2.05, 4.69) is 15.1 Å². The summed E-state index contributed by atoms with van der Waals surface area (Å²) >= 11 is 0. The number of pyridine rings is 1. The van der Waals surface area contributed by atoms with Gasteiger partial charge in [0.25, 0.3) is 5.91 Å². The molecule has 7 nitrogen and oxygen atoms in total. The van der Waals surface area contributed by atoms with Gasteiger partial charge in [-0.05, 0) is 30.3 Å². The average molecular weight is 337 g/mol. The molecule has 0 bridgehead atoms. The maximum Gasteiger partial charge on any atom is 0.254 e. The van der Waals surface area contributed by atoms with Crippen LogP contribution in [0.4, 0.5) is 0 Å². The minimum absolute atomic E-state index is 0.0790. The first-order chi connectivity index (χ1) is 12.3. The first-order valence-corrected chi connectivity index (χ1v) is 7.91. The standard InChI is InChI=1S/C18H19N5O2/c1-25-10-9-22(12-16-6-2-3-8-20-16)18(24)15-5-4-7-17(11-15)23-14-19-13-21-23/h2-8,11,13-14H,9-10,12H2,1H3. The lowest BCUT2D eigenvalue weighted by Crippen LogP contribution is -2.33. The molecule has 3 aromatic rings. The molecule has 128 valence electrons. The van der Waals surface area contributed by atoms with E-state index in [-0.39, 0.29) is 5.91 Å². The minimum atomic E-state index is -0.0790. The molecule has 7 heteroatoms. The Bertz CT molecular complexity index is 805. The maximum absolute atomic E-state index is 13.0. The fraction of sp³-hybridized carbons (Fsp3) is 0.222. The number of hydrogen-bond acceptors (Lipinski definition) is 5. The monoisotopic (exact) mass is 337 g/mol. The van der Waals surface area contributed by atoms with E-state index in [0.29, 0.717) is 25.3 Å². The van der Waals surface area contributed by atoms with Crippen molar-refractivity contribution in [2.75, 3.05) is 20.3 Å². The molecule has 0 atom stereocenters. The Labute approximate surface area is 145 Å². The Morgan fingerprint density at radius 3 is 2.88 bits per heavy atom. The normalized spacial score (nSPS) is 10.6. The molecular weight excluding hydrogens is 318 g/mol. The number of rotatable bonds is 7. The first kappa shape index (κ1) is 16.8. The van der Waals surface area contributed by atoms with E-state index in [9.17, 15) is 4.79 Å². The van der Waals surface area contributed by atoms with Gasteiger partial charge >= 0.3 is 0 Å². The molecule has 0 aliphatic rings. The Balaban J connectivity index is 1.83. The predicted octanol–water partition coefficient (Wildman–Crippen LogP) is 1.95. The highest BCUT2D eigenvalue weighted by Gasteiger charge is 2.17. The van der Waals surface area contributed by atoms with Crippen molar-refractivity contribution >= 4 is 5.91 Å². The summed E-state index contributed by atoms with van der Waals surface area (Å²) in [5, 5.41) is 4.10. The summed E-state index contributed by atoms with van der Waals surface area (Å²) in [5.41, 5.74) is 2.20. The van der Waals surface area contributed by atoms with E-state index < -0.39 is 0 Å². The van der Waals surface area contributed by atoms with Gasteiger partial charge < -0.3 is 9.64 Å². The first-order valence-electron chi connectivity index (χ1n) is 7.91. The molecule has 1 aromatic carbocycles. The fourth-order valence-electron chi connectivity index (χ4n) is 2.45. The van der Waals surface area contributed by atoms with Crippen molar-refractivity contribution < 1.29 is 9.53 Å². The summed E-state index contributed by atoms with van der Waals surface area (Å²) in [4.78, 5) is 22.9. The Hall–Kier alpha value is -3.06. The summed E-state index contributed by atoms with van der Waals surface area (Å²) in [5.74, 6) is -0.0790. The lowest BCUT2D eigenvalue weighted by Gasteiger charge is -2.22. The predicted molar refractivity (Wildman–Crippen MR) is 92.2 cm³/mol. The van der Waals surface area contributed by atoms with E-state index in [1.54, 1.807) is 41.3 Å². The Kier molecular flexibility index (Phi) is 5.48. The SMILES string of the molecule is COCCN(Cc1ccccn1)C(=O)c1cccc(-n2cncn2)c1. The number of aromatic nitrogens is 4. The van der Waals surface area contributed by atoms with Crippen LogP contribution >= 0.6 is 0 Å². The third-order valence-corrected chi connectivity index (χ3v) is 3.71. The highest BCUT2D eigenvalue weighted by molar-refractivity contribution is 5.94. The summed E-state index contributed by atoms with van der Waals surface area (Å²) in [6.45, 7) is 1.37. The molecule has 0 aliphatic heterocycles. The van der Waals surface area contributed by atoms with Crippen LogP contribution in [0.3, 0.4) is 0 Å². The third-order valence-electron chi connectivity index (χ3n) is 3.71. The zero-order chi connectivity index (χ0) is 17.5.